The number of carbonyl (C=O) groups is 2. The second-order valence-electron chi connectivity index (χ2n) is 5.95. The number of nitrogens with zero attached hydrogens (tertiary/aromatic N) is 2. The number of methoxy groups -OCH3 is 1. The largest absolute Gasteiger partial charge is 0.497 e. The van der Waals surface area contributed by atoms with E-state index in [1.165, 1.54) is 17.9 Å². The summed E-state index contributed by atoms with van der Waals surface area (Å²) < 4.78 is 12.0. The highest BCUT2D eigenvalue weighted by molar-refractivity contribution is 6.07. The van der Waals surface area contributed by atoms with Crippen molar-refractivity contribution in [3.8, 4) is 11.5 Å². The lowest BCUT2D eigenvalue weighted by molar-refractivity contribution is 0.0686. The Kier molecular flexibility index (Phi) is 5.59. The Bertz CT molecular complexity index is 978. The van der Waals surface area contributed by atoms with Gasteiger partial charge in [0, 0.05) is 12.6 Å². The molecule has 1 aromatic heterocycles. The molecular formula is C20H19N3O5. The van der Waals surface area contributed by atoms with Crippen LogP contribution < -0.4 is 14.8 Å². The predicted octanol–water partition coefficient (Wildman–Crippen LogP) is 2.96. The normalized spacial score (nSPS) is 10.4. The van der Waals surface area contributed by atoms with Crippen LogP contribution in [0, 0.1) is 0 Å². The van der Waals surface area contributed by atoms with Gasteiger partial charge in [0.2, 0.25) is 0 Å². The third kappa shape index (κ3) is 4.29. The van der Waals surface area contributed by atoms with E-state index in [1.54, 1.807) is 31.4 Å². The standard InChI is InChI=1S/C20H19N3O5/c1-23-18(20(25)26)17(11-21-23)22-19(24)14-5-3-13(4-6-14)12-28-16-9-7-15(27-2)8-10-16/h3-11H,12H2,1-2H3,(H,22,24)(H,25,26). The van der Waals surface area contributed by atoms with Crippen LogP contribution in [0.2, 0.25) is 0 Å². The summed E-state index contributed by atoms with van der Waals surface area (Å²) in [6, 6.07) is 14.1. The van der Waals surface area contributed by atoms with E-state index in [4.69, 9.17) is 9.47 Å². The highest BCUT2D eigenvalue weighted by Gasteiger charge is 2.18. The molecule has 2 N–H and O–H groups in total. The number of aryl methyl sites for hydroxylation is 1. The molecule has 0 aliphatic heterocycles. The van der Waals surface area contributed by atoms with Crippen LogP contribution in [-0.2, 0) is 13.7 Å². The number of aromatic nitrogens is 2. The third-order valence-corrected chi connectivity index (χ3v) is 4.07. The Morgan fingerprint density at radius 1 is 1.07 bits per heavy atom. The zero-order valence-corrected chi connectivity index (χ0v) is 15.4. The Morgan fingerprint density at radius 2 is 1.71 bits per heavy atom. The summed E-state index contributed by atoms with van der Waals surface area (Å²) in [4.78, 5) is 23.6. The van der Waals surface area contributed by atoms with Gasteiger partial charge in [0.05, 0.1) is 19.0 Å². The Hall–Kier alpha value is -3.81. The zero-order valence-electron chi connectivity index (χ0n) is 15.4. The zero-order chi connectivity index (χ0) is 20.1. The number of amides is 1. The summed E-state index contributed by atoms with van der Waals surface area (Å²) in [7, 11) is 3.10. The van der Waals surface area contributed by atoms with Crippen molar-refractivity contribution < 1.29 is 24.2 Å². The van der Waals surface area contributed by atoms with Crippen molar-refractivity contribution in [3.05, 3.63) is 71.5 Å². The predicted molar refractivity (Wildman–Crippen MR) is 102 cm³/mol. The molecule has 2 aromatic carbocycles. The fourth-order valence-corrected chi connectivity index (χ4v) is 2.57. The number of benzene rings is 2. The van der Waals surface area contributed by atoms with Crippen LogP contribution in [-0.4, -0.2) is 33.9 Å². The lowest BCUT2D eigenvalue weighted by Gasteiger charge is -2.08. The van der Waals surface area contributed by atoms with E-state index < -0.39 is 11.9 Å². The van der Waals surface area contributed by atoms with Gasteiger partial charge in [-0.1, -0.05) is 12.1 Å². The fourth-order valence-electron chi connectivity index (χ4n) is 2.57. The van der Waals surface area contributed by atoms with Gasteiger partial charge in [-0.3, -0.25) is 9.48 Å². The molecule has 8 heteroatoms. The average molecular weight is 381 g/mol. The van der Waals surface area contributed by atoms with Crippen LogP contribution in [0.25, 0.3) is 0 Å². The first-order valence-corrected chi connectivity index (χ1v) is 8.40. The maximum atomic E-state index is 12.4. The monoisotopic (exact) mass is 381 g/mol. The van der Waals surface area contributed by atoms with Crippen molar-refractivity contribution in [1.82, 2.24) is 9.78 Å². The van der Waals surface area contributed by atoms with Crippen molar-refractivity contribution in [2.75, 3.05) is 12.4 Å². The maximum Gasteiger partial charge on any atom is 0.356 e. The third-order valence-electron chi connectivity index (χ3n) is 4.07. The molecule has 0 spiro atoms. The molecule has 3 aromatic rings. The number of ether oxygens (including phenoxy) is 2. The first kappa shape index (κ1) is 19.0. The summed E-state index contributed by atoms with van der Waals surface area (Å²) in [6.45, 7) is 0.347. The lowest BCUT2D eigenvalue weighted by Crippen LogP contribution is -2.15. The molecule has 0 bridgehead atoms. The molecule has 8 nitrogen and oxygen atoms in total. The van der Waals surface area contributed by atoms with Crippen LogP contribution in [0.5, 0.6) is 11.5 Å². The molecule has 0 unspecified atom stereocenters. The maximum absolute atomic E-state index is 12.4. The molecule has 0 aliphatic rings. The molecule has 3 rings (SSSR count). The molecule has 0 fully saturated rings. The van der Waals surface area contributed by atoms with Crippen molar-refractivity contribution in [2.45, 2.75) is 6.61 Å². The van der Waals surface area contributed by atoms with Crippen LogP contribution in [0.4, 0.5) is 5.69 Å². The van der Waals surface area contributed by atoms with E-state index in [0.717, 1.165) is 11.3 Å². The minimum Gasteiger partial charge on any atom is -0.497 e. The molecule has 28 heavy (non-hydrogen) atoms. The number of hydrogen-bond acceptors (Lipinski definition) is 5. The number of anilines is 1. The van der Waals surface area contributed by atoms with Gasteiger partial charge in [-0.2, -0.15) is 5.10 Å². The topological polar surface area (TPSA) is 103 Å². The van der Waals surface area contributed by atoms with Crippen molar-refractivity contribution >= 4 is 17.6 Å². The molecule has 0 saturated heterocycles. The molecule has 0 saturated carbocycles. The quantitative estimate of drug-likeness (QED) is 0.652. The van der Waals surface area contributed by atoms with Gasteiger partial charge < -0.3 is 19.9 Å². The number of carbonyl (C=O) groups excluding carboxylic acids is 1. The second kappa shape index (κ2) is 8.26. The number of carboxylic acid groups (broad SMARTS) is 1. The van der Waals surface area contributed by atoms with Gasteiger partial charge in [-0.05, 0) is 42.0 Å². The van der Waals surface area contributed by atoms with Crippen LogP contribution in [0.3, 0.4) is 0 Å². The summed E-state index contributed by atoms with van der Waals surface area (Å²) in [5.74, 6) is -0.123. The minimum absolute atomic E-state index is 0.0853. The highest BCUT2D eigenvalue weighted by atomic mass is 16.5. The molecule has 0 atom stereocenters. The van der Waals surface area contributed by atoms with E-state index in [1.807, 2.05) is 24.3 Å². The first-order chi connectivity index (χ1) is 13.5. The number of nitrogens with one attached hydrogen (secondary N) is 1. The van der Waals surface area contributed by atoms with Crippen LogP contribution >= 0.6 is 0 Å². The number of carboxylic acids is 1. The van der Waals surface area contributed by atoms with Gasteiger partial charge in [0.1, 0.15) is 18.1 Å². The number of hydrogen-bond donors (Lipinski definition) is 2. The van der Waals surface area contributed by atoms with E-state index in [2.05, 4.69) is 10.4 Å². The highest BCUT2D eigenvalue weighted by Crippen LogP contribution is 2.19. The van der Waals surface area contributed by atoms with E-state index in [-0.39, 0.29) is 11.4 Å². The van der Waals surface area contributed by atoms with Crippen molar-refractivity contribution in [3.63, 3.8) is 0 Å². The fraction of sp³-hybridized carbons (Fsp3) is 0.150. The van der Waals surface area contributed by atoms with Gasteiger partial charge >= 0.3 is 5.97 Å². The summed E-state index contributed by atoms with van der Waals surface area (Å²) in [5, 5.41) is 15.6. The Balaban J connectivity index is 1.62. The van der Waals surface area contributed by atoms with Gasteiger partial charge in [-0.15, -0.1) is 0 Å². The lowest BCUT2D eigenvalue weighted by atomic mass is 10.1. The second-order valence-corrected chi connectivity index (χ2v) is 5.95. The van der Waals surface area contributed by atoms with Gasteiger partial charge in [0.15, 0.2) is 5.69 Å². The van der Waals surface area contributed by atoms with E-state index >= 15 is 0 Å². The van der Waals surface area contributed by atoms with Crippen molar-refractivity contribution in [2.24, 2.45) is 7.05 Å². The number of rotatable bonds is 7. The van der Waals surface area contributed by atoms with Gasteiger partial charge in [0.25, 0.3) is 5.91 Å². The summed E-state index contributed by atoms with van der Waals surface area (Å²) in [5.41, 5.74) is 1.35. The Labute approximate surface area is 161 Å². The molecular weight excluding hydrogens is 362 g/mol. The molecule has 0 radical (unpaired) electrons. The molecule has 144 valence electrons. The molecule has 0 aliphatic carbocycles. The number of aromatic carboxylic acids is 1. The van der Waals surface area contributed by atoms with Crippen LogP contribution in [0.1, 0.15) is 26.4 Å². The smallest absolute Gasteiger partial charge is 0.356 e. The van der Waals surface area contributed by atoms with Crippen LogP contribution in [0.15, 0.2) is 54.7 Å². The summed E-state index contributed by atoms with van der Waals surface area (Å²) >= 11 is 0. The molecule has 1 amide bonds. The molecule has 1 heterocycles. The Morgan fingerprint density at radius 3 is 2.32 bits per heavy atom. The van der Waals surface area contributed by atoms with E-state index in [0.29, 0.717) is 17.9 Å². The van der Waals surface area contributed by atoms with Gasteiger partial charge in [-0.25, -0.2) is 4.79 Å². The SMILES string of the molecule is COc1ccc(OCc2ccc(C(=O)Nc3cnn(C)c3C(=O)O)cc2)cc1. The van der Waals surface area contributed by atoms with E-state index in [9.17, 15) is 14.7 Å². The minimum atomic E-state index is -1.17. The summed E-state index contributed by atoms with van der Waals surface area (Å²) in [6.07, 6.45) is 1.30. The average Bonchev–Trinajstić information content (AvgIpc) is 3.07. The van der Waals surface area contributed by atoms with Crippen molar-refractivity contribution in [1.29, 1.82) is 0 Å². The first-order valence-electron chi connectivity index (χ1n) is 8.40.